The van der Waals surface area contributed by atoms with Gasteiger partial charge in [-0.1, -0.05) is 42.4 Å². The SMILES string of the molecule is C=CC(=O)NCc1ccc(-c2c(-c3ccc(Oc4nccc(C(F)F)n4)cc3)c3c(N)ncc(C#N)c3n2C)c(Cl)c1. The van der Waals surface area contributed by atoms with Gasteiger partial charge in [0.2, 0.25) is 5.91 Å². The quantitative estimate of drug-likeness (QED) is 0.203. The standard InChI is InChI=1S/C30H22ClF2N7O2/c1-3-23(41)37-14-16-4-9-20(21(31)12-16)27-24(25-26(40(27)2)18(13-34)15-38-29(25)35)17-5-7-19(8-6-17)42-30-36-11-10-22(39-30)28(32)33/h3-12,15,28H,1,14H2,2H3,(H2,35,38)(H,37,41). The largest absolute Gasteiger partial charge is 0.424 e. The molecule has 3 aromatic heterocycles. The second-order valence-electron chi connectivity index (χ2n) is 9.10. The molecule has 0 fully saturated rings. The number of carbonyl (C=O) groups is 1. The molecule has 1 amide bonds. The molecule has 5 rings (SSSR count). The van der Waals surface area contributed by atoms with Gasteiger partial charge < -0.3 is 20.4 Å². The number of anilines is 1. The van der Waals surface area contributed by atoms with Crippen LogP contribution >= 0.6 is 11.6 Å². The maximum absolute atomic E-state index is 13.0. The van der Waals surface area contributed by atoms with Crippen LogP contribution in [0, 0.1) is 11.3 Å². The molecule has 210 valence electrons. The van der Waals surface area contributed by atoms with Crippen molar-refractivity contribution in [1.29, 1.82) is 5.26 Å². The predicted molar refractivity (Wildman–Crippen MR) is 155 cm³/mol. The topological polar surface area (TPSA) is 132 Å². The number of carbonyl (C=O) groups excluding carboxylic acids is 1. The fraction of sp³-hybridized carbons (Fsp3) is 0.100. The molecule has 0 saturated carbocycles. The molecule has 0 saturated heterocycles. The van der Waals surface area contributed by atoms with Gasteiger partial charge in [-0.25, -0.2) is 18.7 Å². The average Bonchev–Trinajstić information content (AvgIpc) is 3.30. The highest BCUT2D eigenvalue weighted by atomic mass is 35.5. The molecule has 0 spiro atoms. The number of nitrogen functional groups attached to an aromatic ring is 1. The molecular weight excluding hydrogens is 564 g/mol. The van der Waals surface area contributed by atoms with Crippen molar-refractivity contribution in [3.05, 3.63) is 95.4 Å². The number of aromatic nitrogens is 4. The van der Waals surface area contributed by atoms with Crippen molar-refractivity contribution in [2.75, 3.05) is 5.73 Å². The lowest BCUT2D eigenvalue weighted by Crippen LogP contribution is -2.19. The molecular formula is C30H22ClF2N7O2. The number of fused-ring (bicyclic) bond motifs is 1. The second kappa shape index (κ2) is 11.6. The van der Waals surface area contributed by atoms with Gasteiger partial charge in [0.25, 0.3) is 6.43 Å². The third-order valence-electron chi connectivity index (χ3n) is 6.53. The Hall–Kier alpha value is -5.34. The maximum atomic E-state index is 13.0. The highest BCUT2D eigenvalue weighted by Crippen LogP contribution is 2.45. The third-order valence-corrected chi connectivity index (χ3v) is 6.84. The summed E-state index contributed by atoms with van der Waals surface area (Å²) in [6.45, 7) is 3.71. The van der Waals surface area contributed by atoms with Crippen LogP contribution in [0.25, 0.3) is 33.3 Å². The molecule has 0 aliphatic heterocycles. The van der Waals surface area contributed by atoms with Gasteiger partial charge in [0.05, 0.1) is 27.2 Å². The summed E-state index contributed by atoms with van der Waals surface area (Å²) in [7, 11) is 1.81. The average molecular weight is 586 g/mol. The number of pyridine rings is 1. The Labute approximate surface area is 243 Å². The molecule has 0 aliphatic rings. The summed E-state index contributed by atoms with van der Waals surface area (Å²) in [5.74, 6) is 0.233. The van der Waals surface area contributed by atoms with Gasteiger partial charge in [0, 0.05) is 37.1 Å². The first-order valence-electron chi connectivity index (χ1n) is 12.5. The van der Waals surface area contributed by atoms with Crippen LogP contribution in [0.5, 0.6) is 11.8 Å². The number of hydrogen-bond acceptors (Lipinski definition) is 7. The normalized spacial score (nSPS) is 11.0. The molecule has 2 aromatic carbocycles. The number of amides is 1. The zero-order chi connectivity index (χ0) is 30.0. The van der Waals surface area contributed by atoms with Crippen molar-refractivity contribution in [1.82, 2.24) is 24.8 Å². The van der Waals surface area contributed by atoms with Crippen LogP contribution in [0.4, 0.5) is 14.6 Å². The summed E-state index contributed by atoms with van der Waals surface area (Å²) in [5, 5.41) is 13.5. The van der Waals surface area contributed by atoms with E-state index in [9.17, 15) is 18.8 Å². The Bertz CT molecular complexity index is 1880. The molecule has 9 nitrogen and oxygen atoms in total. The van der Waals surface area contributed by atoms with Crippen molar-refractivity contribution >= 4 is 34.2 Å². The minimum Gasteiger partial charge on any atom is -0.424 e. The Morgan fingerprint density at radius 1 is 1.24 bits per heavy atom. The minimum absolute atomic E-state index is 0.213. The van der Waals surface area contributed by atoms with Crippen molar-refractivity contribution in [2.45, 2.75) is 13.0 Å². The van der Waals surface area contributed by atoms with E-state index in [1.165, 1.54) is 18.5 Å². The molecule has 42 heavy (non-hydrogen) atoms. The summed E-state index contributed by atoms with van der Waals surface area (Å²) in [6, 6.07) is 15.3. The molecule has 3 N–H and O–H groups in total. The van der Waals surface area contributed by atoms with E-state index in [-0.39, 0.29) is 24.3 Å². The van der Waals surface area contributed by atoms with E-state index in [0.717, 1.165) is 11.6 Å². The first-order valence-corrected chi connectivity index (χ1v) is 12.8. The lowest BCUT2D eigenvalue weighted by atomic mass is 9.97. The fourth-order valence-corrected chi connectivity index (χ4v) is 4.92. The Balaban J connectivity index is 1.62. The molecule has 0 unspecified atom stereocenters. The summed E-state index contributed by atoms with van der Waals surface area (Å²) in [5.41, 5.74) is 10.3. The van der Waals surface area contributed by atoms with E-state index in [4.69, 9.17) is 22.1 Å². The number of alkyl halides is 2. The monoisotopic (exact) mass is 585 g/mol. The number of halogens is 3. The number of nitrogens with zero attached hydrogens (tertiary/aromatic N) is 5. The van der Waals surface area contributed by atoms with Gasteiger partial charge in [-0.05, 0) is 41.5 Å². The molecule has 3 heterocycles. The molecule has 0 radical (unpaired) electrons. The number of aryl methyl sites for hydroxylation is 1. The number of ether oxygens (including phenoxy) is 1. The smallest absolute Gasteiger partial charge is 0.322 e. The van der Waals surface area contributed by atoms with Crippen LogP contribution < -0.4 is 15.8 Å². The van der Waals surface area contributed by atoms with Crippen LogP contribution in [0.3, 0.4) is 0 Å². The van der Waals surface area contributed by atoms with Crippen LogP contribution in [0.15, 0.2) is 73.6 Å². The Kier molecular flexibility index (Phi) is 7.82. The van der Waals surface area contributed by atoms with E-state index >= 15 is 0 Å². The highest BCUT2D eigenvalue weighted by Gasteiger charge is 2.25. The third kappa shape index (κ3) is 5.35. The van der Waals surface area contributed by atoms with Crippen LogP contribution in [0.2, 0.25) is 5.02 Å². The molecule has 12 heteroatoms. The van der Waals surface area contributed by atoms with E-state index < -0.39 is 12.1 Å². The molecule has 0 atom stereocenters. The minimum atomic E-state index is -2.76. The first-order chi connectivity index (χ1) is 20.2. The maximum Gasteiger partial charge on any atom is 0.322 e. The molecule has 5 aromatic rings. The zero-order valence-electron chi connectivity index (χ0n) is 22.1. The van der Waals surface area contributed by atoms with Crippen molar-refractivity contribution in [3.8, 4) is 40.2 Å². The number of nitrogens with one attached hydrogen (secondary N) is 1. The first kappa shape index (κ1) is 28.2. The fourth-order valence-electron chi connectivity index (χ4n) is 4.63. The van der Waals surface area contributed by atoms with E-state index in [1.54, 1.807) is 37.4 Å². The highest BCUT2D eigenvalue weighted by molar-refractivity contribution is 6.34. The zero-order valence-corrected chi connectivity index (χ0v) is 22.9. The van der Waals surface area contributed by atoms with Gasteiger partial charge in [0.1, 0.15) is 23.3 Å². The van der Waals surface area contributed by atoms with Gasteiger partial charge in [-0.2, -0.15) is 10.2 Å². The number of nitrogens with two attached hydrogens (primary N) is 1. The number of rotatable bonds is 8. The molecule has 0 bridgehead atoms. The predicted octanol–water partition coefficient (Wildman–Crippen LogP) is 6.34. The van der Waals surface area contributed by atoms with Crippen molar-refractivity contribution in [3.63, 3.8) is 0 Å². The summed E-state index contributed by atoms with van der Waals surface area (Å²) >= 11 is 6.79. The summed E-state index contributed by atoms with van der Waals surface area (Å²) in [6.07, 6.45) is 1.05. The van der Waals surface area contributed by atoms with Gasteiger partial charge in [0.15, 0.2) is 0 Å². The Morgan fingerprint density at radius 3 is 2.67 bits per heavy atom. The lowest BCUT2D eigenvalue weighted by molar-refractivity contribution is -0.116. The molecule has 0 aliphatic carbocycles. The van der Waals surface area contributed by atoms with Crippen molar-refractivity contribution in [2.24, 2.45) is 7.05 Å². The second-order valence-corrected chi connectivity index (χ2v) is 9.51. The van der Waals surface area contributed by atoms with Gasteiger partial charge in [-0.3, -0.25) is 4.79 Å². The van der Waals surface area contributed by atoms with E-state index in [0.29, 0.717) is 49.6 Å². The van der Waals surface area contributed by atoms with Gasteiger partial charge in [-0.15, -0.1) is 0 Å². The van der Waals surface area contributed by atoms with E-state index in [2.05, 4.69) is 32.9 Å². The number of benzene rings is 2. The van der Waals surface area contributed by atoms with E-state index in [1.807, 2.05) is 16.7 Å². The summed E-state index contributed by atoms with van der Waals surface area (Å²) < 4.78 is 33.5. The van der Waals surface area contributed by atoms with Crippen LogP contribution in [-0.4, -0.2) is 25.4 Å². The van der Waals surface area contributed by atoms with Crippen LogP contribution in [-0.2, 0) is 18.4 Å². The summed E-state index contributed by atoms with van der Waals surface area (Å²) in [4.78, 5) is 23.5. The van der Waals surface area contributed by atoms with Gasteiger partial charge >= 0.3 is 6.01 Å². The number of hydrogen-bond donors (Lipinski definition) is 2. The van der Waals surface area contributed by atoms with Crippen LogP contribution in [0.1, 0.15) is 23.2 Å². The lowest BCUT2D eigenvalue weighted by Gasteiger charge is -2.13. The number of nitriles is 1. The Morgan fingerprint density at radius 2 is 2.00 bits per heavy atom. The van der Waals surface area contributed by atoms with Crippen molar-refractivity contribution < 1.29 is 18.3 Å².